The minimum Gasteiger partial charge on any atom is -0.347 e. The van der Waals surface area contributed by atoms with E-state index in [-0.39, 0.29) is 0 Å². The molecule has 0 aliphatic rings. The van der Waals surface area contributed by atoms with Crippen molar-refractivity contribution in [2.45, 2.75) is 12.3 Å². The first-order valence-corrected chi connectivity index (χ1v) is 4.83. The van der Waals surface area contributed by atoms with Gasteiger partial charge in [-0.1, -0.05) is 15.9 Å². The Labute approximate surface area is 81.0 Å². The second kappa shape index (κ2) is 3.85. The summed E-state index contributed by atoms with van der Waals surface area (Å²) in [6, 6.07) is 0. The Bertz CT molecular complexity index is 273. The number of hydrogen-bond acceptors (Lipinski definition) is 3. The molecular formula is C8H12BrN3. The molecule has 0 atom stereocenters. The Morgan fingerprint density at radius 3 is 2.58 bits per heavy atom. The van der Waals surface area contributed by atoms with E-state index in [9.17, 15) is 0 Å². The number of hydrogen-bond donors (Lipinski definition) is 0. The molecule has 4 heteroatoms. The van der Waals surface area contributed by atoms with Crippen molar-refractivity contribution in [1.29, 1.82) is 0 Å². The van der Waals surface area contributed by atoms with E-state index in [4.69, 9.17) is 0 Å². The largest absolute Gasteiger partial charge is 0.347 e. The zero-order valence-electron chi connectivity index (χ0n) is 7.50. The van der Waals surface area contributed by atoms with E-state index in [1.165, 1.54) is 0 Å². The summed E-state index contributed by atoms with van der Waals surface area (Å²) < 4.78 is 0. The van der Waals surface area contributed by atoms with Crippen LogP contribution in [0.1, 0.15) is 11.3 Å². The smallest absolute Gasteiger partial charge is 0.224 e. The van der Waals surface area contributed by atoms with Crippen molar-refractivity contribution >= 4 is 21.9 Å². The first kappa shape index (κ1) is 9.45. The van der Waals surface area contributed by atoms with Crippen molar-refractivity contribution in [2.75, 3.05) is 19.0 Å². The Kier molecular flexibility index (Phi) is 3.03. The number of anilines is 1. The second-order valence-corrected chi connectivity index (χ2v) is 3.37. The molecule has 1 heterocycles. The van der Waals surface area contributed by atoms with Crippen LogP contribution in [-0.4, -0.2) is 24.1 Å². The molecule has 0 saturated carbocycles. The van der Waals surface area contributed by atoms with Crippen molar-refractivity contribution in [3.63, 3.8) is 0 Å². The summed E-state index contributed by atoms with van der Waals surface area (Å²) in [7, 11) is 3.87. The second-order valence-electron chi connectivity index (χ2n) is 2.81. The van der Waals surface area contributed by atoms with Gasteiger partial charge in [-0.2, -0.15) is 0 Å². The van der Waals surface area contributed by atoms with E-state index in [1.54, 1.807) is 0 Å². The highest BCUT2D eigenvalue weighted by molar-refractivity contribution is 9.08. The lowest BCUT2D eigenvalue weighted by Crippen LogP contribution is -2.13. The molecule has 0 radical (unpaired) electrons. The van der Waals surface area contributed by atoms with Crippen LogP contribution < -0.4 is 4.90 Å². The van der Waals surface area contributed by atoms with Crippen molar-refractivity contribution < 1.29 is 0 Å². The molecule has 0 unspecified atom stereocenters. The molecule has 12 heavy (non-hydrogen) atoms. The van der Waals surface area contributed by atoms with E-state index >= 15 is 0 Å². The third-order valence-electron chi connectivity index (χ3n) is 1.61. The van der Waals surface area contributed by atoms with Crippen LogP contribution in [0, 0.1) is 6.92 Å². The Hall–Kier alpha value is -0.640. The SMILES string of the molecule is Cc1nc(N(C)C)ncc1CBr. The number of aryl methyl sites for hydroxylation is 1. The van der Waals surface area contributed by atoms with E-state index in [1.807, 2.05) is 32.1 Å². The van der Waals surface area contributed by atoms with E-state index in [0.717, 1.165) is 22.5 Å². The maximum atomic E-state index is 4.33. The van der Waals surface area contributed by atoms with Crippen LogP contribution in [0.4, 0.5) is 5.95 Å². The Balaban J connectivity index is 3.02. The average molecular weight is 230 g/mol. The minimum absolute atomic E-state index is 0.761. The average Bonchev–Trinajstić information content (AvgIpc) is 2.04. The van der Waals surface area contributed by atoms with Gasteiger partial charge >= 0.3 is 0 Å². The van der Waals surface area contributed by atoms with Gasteiger partial charge in [0.1, 0.15) is 0 Å². The number of rotatable bonds is 2. The Morgan fingerprint density at radius 1 is 1.50 bits per heavy atom. The summed E-state index contributed by atoms with van der Waals surface area (Å²) in [6.45, 7) is 1.99. The lowest BCUT2D eigenvalue weighted by atomic mass is 10.3. The van der Waals surface area contributed by atoms with Gasteiger partial charge in [0.15, 0.2) is 0 Å². The fourth-order valence-electron chi connectivity index (χ4n) is 0.826. The Morgan fingerprint density at radius 2 is 2.17 bits per heavy atom. The van der Waals surface area contributed by atoms with E-state index in [2.05, 4.69) is 25.9 Å². The molecule has 0 aromatic carbocycles. The molecule has 0 bridgehead atoms. The van der Waals surface area contributed by atoms with E-state index < -0.39 is 0 Å². The molecule has 3 nitrogen and oxygen atoms in total. The summed E-state index contributed by atoms with van der Waals surface area (Å²) >= 11 is 3.38. The number of alkyl halides is 1. The zero-order chi connectivity index (χ0) is 9.14. The van der Waals surface area contributed by atoms with Crippen LogP contribution in [0.3, 0.4) is 0 Å². The van der Waals surface area contributed by atoms with Crippen LogP contribution in [0.2, 0.25) is 0 Å². The highest BCUT2D eigenvalue weighted by Gasteiger charge is 2.02. The number of nitrogens with zero attached hydrogens (tertiary/aromatic N) is 3. The molecule has 66 valence electrons. The molecule has 0 N–H and O–H groups in total. The van der Waals surface area contributed by atoms with Crippen LogP contribution in [0.15, 0.2) is 6.20 Å². The molecule has 0 spiro atoms. The topological polar surface area (TPSA) is 29.0 Å². The summed E-state index contributed by atoms with van der Waals surface area (Å²) in [6.07, 6.45) is 1.85. The van der Waals surface area contributed by atoms with Gasteiger partial charge in [-0.3, -0.25) is 0 Å². The molecule has 0 saturated heterocycles. The van der Waals surface area contributed by atoms with Crippen LogP contribution in [0.5, 0.6) is 0 Å². The zero-order valence-corrected chi connectivity index (χ0v) is 9.09. The number of halogens is 1. The van der Waals surface area contributed by atoms with Gasteiger partial charge in [-0.05, 0) is 6.92 Å². The van der Waals surface area contributed by atoms with Gasteiger partial charge in [0, 0.05) is 36.9 Å². The van der Waals surface area contributed by atoms with Gasteiger partial charge < -0.3 is 4.90 Å². The summed E-state index contributed by atoms with van der Waals surface area (Å²) in [5.41, 5.74) is 2.17. The first-order valence-electron chi connectivity index (χ1n) is 3.71. The minimum atomic E-state index is 0.761. The monoisotopic (exact) mass is 229 g/mol. The molecule has 0 fully saturated rings. The predicted octanol–water partition coefficient (Wildman–Crippen LogP) is 1.75. The van der Waals surface area contributed by atoms with Crippen molar-refractivity contribution in [1.82, 2.24) is 9.97 Å². The molecule has 0 aliphatic carbocycles. The van der Waals surface area contributed by atoms with Crippen LogP contribution in [-0.2, 0) is 5.33 Å². The first-order chi connectivity index (χ1) is 5.65. The molecule has 0 aliphatic heterocycles. The van der Waals surface area contributed by atoms with Gasteiger partial charge in [0.25, 0.3) is 0 Å². The van der Waals surface area contributed by atoms with Crippen LogP contribution >= 0.6 is 15.9 Å². The predicted molar refractivity (Wildman–Crippen MR) is 53.7 cm³/mol. The standard InChI is InChI=1S/C8H12BrN3/c1-6-7(4-9)5-10-8(11-6)12(2)3/h5H,4H2,1-3H3. The lowest BCUT2D eigenvalue weighted by Gasteiger charge is -2.11. The molecular weight excluding hydrogens is 218 g/mol. The van der Waals surface area contributed by atoms with Gasteiger partial charge in [-0.15, -0.1) is 0 Å². The van der Waals surface area contributed by atoms with Crippen molar-refractivity contribution in [3.8, 4) is 0 Å². The molecule has 1 aromatic heterocycles. The molecule has 0 amide bonds. The van der Waals surface area contributed by atoms with Crippen LogP contribution in [0.25, 0.3) is 0 Å². The van der Waals surface area contributed by atoms with Gasteiger partial charge in [-0.25, -0.2) is 9.97 Å². The molecule has 1 rings (SSSR count). The summed E-state index contributed by atoms with van der Waals surface area (Å²) in [4.78, 5) is 10.4. The van der Waals surface area contributed by atoms with Crippen molar-refractivity contribution in [2.24, 2.45) is 0 Å². The third-order valence-corrected chi connectivity index (χ3v) is 2.22. The summed E-state index contributed by atoms with van der Waals surface area (Å²) in [5.74, 6) is 0.761. The van der Waals surface area contributed by atoms with E-state index in [0.29, 0.717) is 0 Å². The van der Waals surface area contributed by atoms with Gasteiger partial charge in [0.2, 0.25) is 5.95 Å². The summed E-state index contributed by atoms with van der Waals surface area (Å²) in [5, 5.41) is 0.812. The third kappa shape index (κ3) is 1.94. The van der Waals surface area contributed by atoms with Gasteiger partial charge in [0.05, 0.1) is 0 Å². The highest BCUT2D eigenvalue weighted by atomic mass is 79.9. The lowest BCUT2D eigenvalue weighted by molar-refractivity contribution is 0.961. The maximum absolute atomic E-state index is 4.33. The maximum Gasteiger partial charge on any atom is 0.224 e. The normalized spacial score (nSPS) is 10.0. The van der Waals surface area contributed by atoms with Crippen molar-refractivity contribution in [3.05, 3.63) is 17.5 Å². The fraction of sp³-hybridized carbons (Fsp3) is 0.500. The number of aromatic nitrogens is 2. The fourth-order valence-corrected chi connectivity index (χ4v) is 1.38. The molecule has 1 aromatic rings. The quantitative estimate of drug-likeness (QED) is 0.724. The highest BCUT2D eigenvalue weighted by Crippen LogP contribution is 2.11.